The summed E-state index contributed by atoms with van der Waals surface area (Å²) in [5.41, 5.74) is -0.0581. The lowest BCUT2D eigenvalue weighted by Crippen LogP contribution is -2.27. The van der Waals surface area contributed by atoms with Crippen molar-refractivity contribution in [3.63, 3.8) is 0 Å². The van der Waals surface area contributed by atoms with Crippen molar-refractivity contribution in [1.82, 2.24) is 19.1 Å². The number of nitrogens with zero attached hydrogens (tertiary/aromatic N) is 4. The quantitative estimate of drug-likeness (QED) is 0.761. The van der Waals surface area contributed by atoms with Crippen LogP contribution in [0.5, 0.6) is 0 Å². The summed E-state index contributed by atoms with van der Waals surface area (Å²) in [7, 11) is 1.81. The average molecular weight is 365 g/mol. The monoisotopic (exact) mass is 364 g/mol. The molecule has 2 aromatic rings. The van der Waals surface area contributed by atoms with Crippen molar-refractivity contribution in [2.75, 3.05) is 0 Å². The van der Waals surface area contributed by atoms with Gasteiger partial charge in [0.1, 0.15) is 16.8 Å². The van der Waals surface area contributed by atoms with E-state index in [1.165, 1.54) is 0 Å². The van der Waals surface area contributed by atoms with Crippen LogP contribution >= 0.6 is 34.2 Å². The van der Waals surface area contributed by atoms with Gasteiger partial charge in [-0.25, -0.2) is 9.97 Å². The second-order valence-corrected chi connectivity index (χ2v) is 5.15. The normalized spacial score (nSPS) is 10.8. The van der Waals surface area contributed by atoms with Gasteiger partial charge in [0, 0.05) is 13.2 Å². The first kappa shape index (κ1) is 12.6. The van der Waals surface area contributed by atoms with E-state index in [9.17, 15) is 4.79 Å². The summed E-state index contributed by atoms with van der Waals surface area (Å²) in [5.74, 6) is 1.39. The van der Waals surface area contributed by atoms with Gasteiger partial charge < -0.3 is 4.57 Å². The molecule has 0 aliphatic carbocycles. The van der Waals surface area contributed by atoms with E-state index in [-0.39, 0.29) is 5.56 Å². The number of rotatable bonds is 2. The number of imidazole rings is 1. The van der Waals surface area contributed by atoms with Crippen LogP contribution in [0.2, 0.25) is 5.15 Å². The summed E-state index contributed by atoms with van der Waals surface area (Å²) in [5, 5.41) is 0.546. The molecule has 0 saturated heterocycles. The fraction of sp³-hybridized carbons (Fsp3) is 0.300. The summed E-state index contributed by atoms with van der Waals surface area (Å²) in [6, 6.07) is 0. The first-order valence-corrected chi connectivity index (χ1v) is 6.34. The van der Waals surface area contributed by atoms with E-state index < -0.39 is 0 Å². The second-order valence-electron chi connectivity index (χ2n) is 3.60. The molecule has 0 bridgehead atoms. The van der Waals surface area contributed by atoms with Gasteiger partial charge in [-0.05, 0) is 29.5 Å². The minimum absolute atomic E-state index is 0.0581. The molecule has 0 unspecified atom stereocenters. The summed E-state index contributed by atoms with van der Waals surface area (Å²) in [4.78, 5) is 20.3. The summed E-state index contributed by atoms with van der Waals surface area (Å²) >= 11 is 7.88. The third-order valence-corrected chi connectivity index (χ3v) is 3.62. The number of hydrogen-bond donors (Lipinski definition) is 0. The smallest absolute Gasteiger partial charge is 0.267 e. The van der Waals surface area contributed by atoms with Crippen LogP contribution in [0.25, 0.3) is 0 Å². The maximum atomic E-state index is 12.0. The van der Waals surface area contributed by atoms with E-state index in [1.54, 1.807) is 28.5 Å². The third kappa shape index (κ3) is 2.37. The molecule has 0 radical (unpaired) electrons. The van der Waals surface area contributed by atoms with Crippen molar-refractivity contribution in [3.8, 4) is 0 Å². The highest BCUT2D eigenvalue weighted by molar-refractivity contribution is 14.1. The molecule has 0 N–H and O–H groups in total. The van der Waals surface area contributed by atoms with Crippen LogP contribution in [0, 0.1) is 10.5 Å². The lowest BCUT2D eigenvalue weighted by molar-refractivity contribution is 0.641. The number of halogens is 2. The molecule has 2 rings (SSSR count). The Bertz CT molecular complexity index is 619. The summed E-state index contributed by atoms with van der Waals surface area (Å²) in [6.07, 6.45) is 3.14. The van der Waals surface area contributed by atoms with Gasteiger partial charge >= 0.3 is 0 Å². The van der Waals surface area contributed by atoms with Gasteiger partial charge in [-0.15, -0.1) is 0 Å². The highest BCUT2D eigenvalue weighted by Crippen LogP contribution is 2.10. The molecule has 0 atom stereocenters. The molecule has 0 saturated carbocycles. The largest absolute Gasteiger partial charge is 0.321 e. The van der Waals surface area contributed by atoms with Crippen molar-refractivity contribution in [2.45, 2.75) is 13.5 Å². The Hall–Kier alpha value is -0.890. The zero-order chi connectivity index (χ0) is 12.6. The Morgan fingerprint density at radius 2 is 2.12 bits per heavy atom. The highest BCUT2D eigenvalue weighted by atomic mass is 127. The lowest BCUT2D eigenvalue weighted by atomic mass is 10.5. The standard InChI is InChI=1S/C10H10ClIN4O/c1-6-13-3-7(12)10(17)16(6)5-9-14-4-8(11)15(9)2/h3-4H,5H2,1-2H3. The molecule has 2 heterocycles. The van der Waals surface area contributed by atoms with E-state index in [1.807, 2.05) is 29.6 Å². The van der Waals surface area contributed by atoms with E-state index in [4.69, 9.17) is 11.6 Å². The number of aryl methyl sites for hydroxylation is 1. The summed E-state index contributed by atoms with van der Waals surface area (Å²) < 4.78 is 3.92. The van der Waals surface area contributed by atoms with Gasteiger partial charge in [-0.2, -0.15) is 0 Å². The SMILES string of the molecule is Cc1ncc(I)c(=O)n1Cc1ncc(Cl)n1C. The van der Waals surface area contributed by atoms with Crippen LogP contribution in [-0.2, 0) is 13.6 Å². The van der Waals surface area contributed by atoms with E-state index >= 15 is 0 Å². The highest BCUT2D eigenvalue weighted by Gasteiger charge is 2.10. The van der Waals surface area contributed by atoms with Crippen molar-refractivity contribution < 1.29 is 0 Å². The fourth-order valence-electron chi connectivity index (χ4n) is 1.45. The molecule has 0 aromatic carbocycles. The molecule has 0 aliphatic rings. The Kier molecular flexibility index (Phi) is 3.53. The Morgan fingerprint density at radius 1 is 1.41 bits per heavy atom. The van der Waals surface area contributed by atoms with Crippen molar-refractivity contribution >= 4 is 34.2 Å². The van der Waals surface area contributed by atoms with Crippen LogP contribution < -0.4 is 5.56 Å². The van der Waals surface area contributed by atoms with Gasteiger partial charge in [-0.3, -0.25) is 9.36 Å². The average Bonchev–Trinajstić information content (AvgIpc) is 2.61. The van der Waals surface area contributed by atoms with E-state index in [2.05, 4.69) is 9.97 Å². The predicted octanol–water partition coefficient (Wildman–Crippen LogP) is 1.59. The third-order valence-electron chi connectivity index (χ3n) is 2.53. The molecular formula is C10H10ClIN4O. The Balaban J connectivity index is 2.47. The molecule has 0 spiro atoms. The van der Waals surface area contributed by atoms with Crippen LogP contribution in [0.1, 0.15) is 11.6 Å². The molecule has 7 heteroatoms. The van der Waals surface area contributed by atoms with E-state index in [0.29, 0.717) is 21.1 Å². The predicted molar refractivity (Wildman–Crippen MR) is 73.3 cm³/mol. The van der Waals surface area contributed by atoms with Gasteiger partial charge in [0.2, 0.25) is 0 Å². The molecule has 5 nitrogen and oxygen atoms in total. The zero-order valence-corrected chi connectivity index (χ0v) is 12.2. The molecule has 90 valence electrons. The van der Waals surface area contributed by atoms with Crippen molar-refractivity contribution in [2.24, 2.45) is 7.05 Å². The Labute approximate surface area is 117 Å². The second kappa shape index (κ2) is 4.77. The molecular weight excluding hydrogens is 354 g/mol. The first-order valence-electron chi connectivity index (χ1n) is 4.88. The minimum atomic E-state index is -0.0581. The van der Waals surface area contributed by atoms with E-state index in [0.717, 1.165) is 5.82 Å². The minimum Gasteiger partial charge on any atom is -0.321 e. The lowest BCUT2D eigenvalue weighted by Gasteiger charge is -2.09. The number of hydrogen-bond acceptors (Lipinski definition) is 3. The van der Waals surface area contributed by atoms with Gasteiger partial charge in [0.25, 0.3) is 5.56 Å². The van der Waals surface area contributed by atoms with Crippen LogP contribution in [0.3, 0.4) is 0 Å². The maximum Gasteiger partial charge on any atom is 0.267 e. The maximum absolute atomic E-state index is 12.0. The molecule has 2 aromatic heterocycles. The number of aromatic nitrogens is 4. The van der Waals surface area contributed by atoms with Gasteiger partial charge in [-0.1, -0.05) is 11.6 Å². The van der Waals surface area contributed by atoms with Gasteiger partial charge in [0.15, 0.2) is 0 Å². The fourth-order valence-corrected chi connectivity index (χ4v) is 2.03. The first-order chi connectivity index (χ1) is 8.00. The van der Waals surface area contributed by atoms with Crippen LogP contribution in [0.4, 0.5) is 0 Å². The zero-order valence-electron chi connectivity index (χ0n) is 9.31. The van der Waals surface area contributed by atoms with Crippen molar-refractivity contribution in [3.05, 3.63) is 43.1 Å². The molecule has 17 heavy (non-hydrogen) atoms. The topological polar surface area (TPSA) is 52.7 Å². The van der Waals surface area contributed by atoms with Gasteiger partial charge in [0.05, 0.1) is 16.3 Å². The van der Waals surface area contributed by atoms with Crippen molar-refractivity contribution in [1.29, 1.82) is 0 Å². The molecule has 0 amide bonds. The van der Waals surface area contributed by atoms with Crippen LogP contribution in [-0.4, -0.2) is 19.1 Å². The summed E-state index contributed by atoms with van der Waals surface area (Å²) in [6.45, 7) is 2.17. The molecule has 0 fully saturated rings. The molecule has 0 aliphatic heterocycles. The van der Waals surface area contributed by atoms with Crippen LogP contribution in [0.15, 0.2) is 17.2 Å². The Morgan fingerprint density at radius 3 is 2.71 bits per heavy atom.